The maximum Gasteiger partial charge on any atom is 0.410 e. The fraction of sp³-hybridized carbons (Fsp3) is 0.565. The van der Waals surface area contributed by atoms with Gasteiger partial charge in [0.15, 0.2) is 5.69 Å². The van der Waals surface area contributed by atoms with Crippen LogP contribution in [0.1, 0.15) is 64.5 Å². The number of amides is 2. The second-order valence-electron chi connectivity index (χ2n) is 9.51. The summed E-state index contributed by atoms with van der Waals surface area (Å²) in [5, 5.41) is 8.47. The molecule has 2 amide bonds. The maximum atomic E-state index is 13.2. The van der Waals surface area contributed by atoms with Crippen LogP contribution in [0.25, 0.3) is 10.8 Å². The van der Waals surface area contributed by atoms with Crippen LogP contribution in [0.4, 0.5) is 4.79 Å². The molecule has 168 valence electrons. The second kappa shape index (κ2) is 8.69. The summed E-state index contributed by atoms with van der Waals surface area (Å²) < 4.78 is 6.82. The Morgan fingerprint density at radius 3 is 2.42 bits per heavy atom. The molecule has 1 N–H and O–H groups in total. The van der Waals surface area contributed by atoms with E-state index < -0.39 is 5.60 Å². The molecule has 2 atom stereocenters. The molecule has 2 heterocycles. The second-order valence-corrected chi connectivity index (χ2v) is 9.51. The smallest absolute Gasteiger partial charge is 0.410 e. The minimum absolute atomic E-state index is 0.0486. The number of benzene rings is 1. The summed E-state index contributed by atoms with van der Waals surface area (Å²) in [6.07, 6.45) is 0.286. The van der Waals surface area contributed by atoms with Gasteiger partial charge < -0.3 is 15.0 Å². The van der Waals surface area contributed by atoms with Crippen LogP contribution in [0.2, 0.25) is 0 Å². The van der Waals surface area contributed by atoms with Gasteiger partial charge in [-0.1, -0.05) is 25.1 Å². The van der Waals surface area contributed by atoms with Gasteiger partial charge in [-0.05, 0) is 53.0 Å². The Bertz CT molecular complexity index is 1040. The molecule has 1 aromatic carbocycles. The van der Waals surface area contributed by atoms with E-state index in [1.54, 1.807) is 29.2 Å². The number of piperidine rings is 1. The molecule has 1 fully saturated rings. The summed E-state index contributed by atoms with van der Waals surface area (Å²) in [5.41, 5.74) is -0.510. The lowest BCUT2D eigenvalue weighted by Crippen LogP contribution is -2.52. The molecule has 0 radical (unpaired) electrons. The number of ether oxygens (including phenoxy) is 1. The van der Waals surface area contributed by atoms with Gasteiger partial charge in [0.1, 0.15) is 5.60 Å². The Labute approximate surface area is 182 Å². The van der Waals surface area contributed by atoms with Crippen molar-refractivity contribution >= 4 is 22.8 Å². The summed E-state index contributed by atoms with van der Waals surface area (Å²) in [7, 11) is 0. The summed E-state index contributed by atoms with van der Waals surface area (Å²) in [5.74, 6) is -0.263. The number of hydrogen-bond acceptors (Lipinski definition) is 5. The van der Waals surface area contributed by atoms with Crippen LogP contribution in [-0.2, 0) is 4.74 Å². The minimum atomic E-state index is -0.544. The SMILES string of the molecule is CC1CN(C(=O)OC(C)(C)C)CCC1NC(=O)c1nn(C(C)C)c(=O)c2ccccc12. The molecule has 2 aromatic rings. The van der Waals surface area contributed by atoms with Gasteiger partial charge in [-0.15, -0.1) is 0 Å². The topological polar surface area (TPSA) is 93.5 Å². The predicted molar refractivity (Wildman–Crippen MR) is 119 cm³/mol. The van der Waals surface area contributed by atoms with Crippen LogP contribution in [0.15, 0.2) is 29.1 Å². The largest absolute Gasteiger partial charge is 0.444 e. The van der Waals surface area contributed by atoms with Gasteiger partial charge in [0.05, 0.1) is 11.4 Å². The van der Waals surface area contributed by atoms with Gasteiger partial charge >= 0.3 is 6.09 Å². The number of likely N-dealkylation sites (tertiary alicyclic amines) is 1. The van der Waals surface area contributed by atoms with E-state index in [2.05, 4.69) is 10.4 Å². The molecule has 1 saturated heterocycles. The van der Waals surface area contributed by atoms with E-state index in [9.17, 15) is 14.4 Å². The standard InChI is InChI=1S/C23H32N4O4/c1-14(2)27-21(29)17-10-8-7-9-16(17)19(25-27)20(28)24-18-11-12-26(13-15(18)3)22(30)31-23(4,5)6/h7-10,14-15,18H,11-13H2,1-6H3,(H,24,28). The predicted octanol–water partition coefficient (Wildman–Crippen LogP) is 3.35. The van der Waals surface area contributed by atoms with Crippen LogP contribution < -0.4 is 10.9 Å². The first-order chi connectivity index (χ1) is 14.5. The molecule has 3 rings (SSSR count). The number of nitrogens with one attached hydrogen (secondary N) is 1. The molecule has 31 heavy (non-hydrogen) atoms. The van der Waals surface area contributed by atoms with Crippen molar-refractivity contribution in [2.24, 2.45) is 5.92 Å². The molecule has 0 aliphatic carbocycles. The molecular formula is C23H32N4O4. The van der Waals surface area contributed by atoms with Crippen LogP contribution in [0.3, 0.4) is 0 Å². The average molecular weight is 429 g/mol. The van der Waals surface area contributed by atoms with E-state index in [0.717, 1.165) is 0 Å². The van der Waals surface area contributed by atoms with E-state index in [0.29, 0.717) is 30.3 Å². The zero-order valence-electron chi connectivity index (χ0n) is 19.1. The van der Waals surface area contributed by atoms with Crippen LogP contribution in [0, 0.1) is 5.92 Å². The van der Waals surface area contributed by atoms with Gasteiger partial charge in [-0.25, -0.2) is 9.48 Å². The third kappa shape index (κ3) is 5.06. The number of fused-ring (bicyclic) bond motifs is 1. The number of carbonyl (C=O) groups excluding carboxylic acids is 2. The number of carbonyl (C=O) groups is 2. The lowest BCUT2D eigenvalue weighted by molar-refractivity contribution is 0.0145. The first-order valence-corrected chi connectivity index (χ1v) is 10.8. The van der Waals surface area contributed by atoms with Crippen LogP contribution >= 0.6 is 0 Å². The number of nitrogens with zero attached hydrogens (tertiary/aromatic N) is 3. The summed E-state index contributed by atoms with van der Waals surface area (Å²) in [6.45, 7) is 12.3. The molecule has 0 saturated carbocycles. The fourth-order valence-electron chi connectivity index (χ4n) is 3.81. The normalized spacial score (nSPS) is 19.5. The van der Waals surface area contributed by atoms with Gasteiger partial charge in [0.25, 0.3) is 11.5 Å². The Kier molecular flexibility index (Phi) is 6.38. The monoisotopic (exact) mass is 428 g/mol. The summed E-state index contributed by atoms with van der Waals surface area (Å²) in [4.78, 5) is 39.9. The Balaban J connectivity index is 1.78. The maximum absolute atomic E-state index is 13.2. The lowest BCUT2D eigenvalue weighted by Gasteiger charge is -2.37. The zero-order valence-corrected chi connectivity index (χ0v) is 19.1. The van der Waals surface area contributed by atoms with Crippen molar-refractivity contribution in [3.8, 4) is 0 Å². The van der Waals surface area contributed by atoms with Gasteiger partial charge in [-0.2, -0.15) is 5.10 Å². The number of rotatable bonds is 3. The number of hydrogen-bond donors (Lipinski definition) is 1. The first kappa shape index (κ1) is 22.8. The molecule has 1 aliphatic rings. The third-order valence-corrected chi connectivity index (χ3v) is 5.41. The van der Waals surface area contributed by atoms with Crippen molar-refractivity contribution in [1.82, 2.24) is 20.0 Å². The third-order valence-electron chi connectivity index (χ3n) is 5.41. The van der Waals surface area contributed by atoms with Crippen molar-refractivity contribution in [3.63, 3.8) is 0 Å². The Hall–Kier alpha value is -2.90. The van der Waals surface area contributed by atoms with Crippen LogP contribution in [0.5, 0.6) is 0 Å². The van der Waals surface area contributed by atoms with Crippen LogP contribution in [-0.4, -0.2) is 51.4 Å². The van der Waals surface area contributed by atoms with Crippen molar-refractivity contribution in [2.75, 3.05) is 13.1 Å². The highest BCUT2D eigenvalue weighted by atomic mass is 16.6. The number of aromatic nitrogens is 2. The molecule has 0 spiro atoms. The highest BCUT2D eigenvalue weighted by Gasteiger charge is 2.32. The fourth-order valence-corrected chi connectivity index (χ4v) is 3.81. The van der Waals surface area contributed by atoms with E-state index >= 15 is 0 Å². The Morgan fingerprint density at radius 2 is 1.84 bits per heavy atom. The molecule has 2 unspecified atom stereocenters. The summed E-state index contributed by atoms with van der Waals surface area (Å²) >= 11 is 0. The first-order valence-electron chi connectivity index (χ1n) is 10.8. The molecule has 8 heteroatoms. The lowest BCUT2D eigenvalue weighted by atomic mass is 9.94. The molecule has 1 aliphatic heterocycles. The molecule has 0 bridgehead atoms. The van der Waals surface area contributed by atoms with E-state index in [1.807, 2.05) is 41.5 Å². The summed E-state index contributed by atoms with van der Waals surface area (Å²) in [6, 6.07) is 6.77. The Morgan fingerprint density at radius 1 is 1.19 bits per heavy atom. The van der Waals surface area contributed by atoms with E-state index in [4.69, 9.17) is 4.74 Å². The van der Waals surface area contributed by atoms with E-state index in [-0.39, 0.29) is 41.3 Å². The minimum Gasteiger partial charge on any atom is -0.444 e. The molecule has 1 aromatic heterocycles. The van der Waals surface area contributed by atoms with Crippen molar-refractivity contribution < 1.29 is 14.3 Å². The van der Waals surface area contributed by atoms with E-state index in [1.165, 1.54) is 4.68 Å². The highest BCUT2D eigenvalue weighted by molar-refractivity contribution is 6.04. The highest BCUT2D eigenvalue weighted by Crippen LogP contribution is 2.21. The van der Waals surface area contributed by atoms with Crippen molar-refractivity contribution in [3.05, 3.63) is 40.3 Å². The van der Waals surface area contributed by atoms with Gasteiger partial charge in [0, 0.05) is 24.5 Å². The molecule has 8 nitrogen and oxygen atoms in total. The average Bonchev–Trinajstić information content (AvgIpc) is 2.68. The van der Waals surface area contributed by atoms with Crippen molar-refractivity contribution in [1.29, 1.82) is 0 Å². The molecular weight excluding hydrogens is 396 g/mol. The van der Waals surface area contributed by atoms with Gasteiger partial charge in [-0.3, -0.25) is 9.59 Å². The van der Waals surface area contributed by atoms with Gasteiger partial charge in [0.2, 0.25) is 0 Å². The zero-order chi connectivity index (χ0) is 22.9. The quantitative estimate of drug-likeness (QED) is 0.809. The van der Waals surface area contributed by atoms with Crippen molar-refractivity contribution in [2.45, 2.75) is 65.6 Å².